The molecule has 34 heavy (non-hydrogen) atoms. The van der Waals surface area contributed by atoms with Gasteiger partial charge in [-0.2, -0.15) is 0 Å². The second-order valence-corrected chi connectivity index (χ2v) is 9.87. The van der Waals surface area contributed by atoms with Crippen LogP contribution in [-0.2, 0) is 16.8 Å². The maximum Gasteiger partial charge on any atom is 0.258 e. The lowest BCUT2D eigenvalue weighted by atomic mass is 9.83. The first-order valence-corrected chi connectivity index (χ1v) is 12.3. The van der Waals surface area contributed by atoms with Gasteiger partial charge < -0.3 is 10.6 Å². The molecule has 6 rings (SSSR count). The molecular weight excluding hydrogens is 444 g/mol. The van der Waals surface area contributed by atoms with Gasteiger partial charge in [0.1, 0.15) is 11.4 Å². The van der Waals surface area contributed by atoms with Gasteiger partial charge in [-0.1, -0.05) is 48.0 Å². The third-order valence-electron chi connectivity index (χ3n) is 7.01. The largest absolute Gasteiger partial charge is 0.354 e. The smallest absolute Gasteiger partial charge is 0.258 e. The van der Waals surface area contributed by atoms with Crippen molar-refractivity contribution in [3.8, 4) is 11.1 Å². The Hall–Kier alpha value is -3.15. The van der Waals surface area contributed by atoms with Crippen LogP contribution in [0.1, 0.15) is 24.0 Å². The van der Waals surface area contributed by atoms with Crippen molar-refractivity contribution in [2.24, 2.45) is 5.92 Å². The molecule has 2 aromatic carbocycles. The molecule has 5 nitrogen and oxygen atoms in total. The molecule has 2 unspecified atom stereocenters. The number of carbonyl (C=O) groups excluding carboxylic acids is 1. The van der Waals surface area contributed by atoms with Crippen LogP contribution >= 0.6 is 11.6 Å². The quantitative estimate of drug-likeness (QED) is 0.499. The molecule has 2 aliphatic heterocycles. The van der Waals surface area contributed by atoms with E-state index in [0.29, 0.717) is 17.6 Å². The van der Waals surface area contributed by atoms with Gasteiger partial charge >= 0.3 is 0 Å². The predicted octanol–water partition coefficient (Wildman–Crippen LogP) is 4.50. The van der Waals surface area contributed by atoms with Gasteiger partial charge in [0.25, 0.3) is 5.91 Å². The third kappa shape index (κ3) is 3.99. The van der Waals surface area contributed by atoms with Crippen molar-refractivity contribution in [1.82, 2.24) is 20.5 Å². The minimum Gasteiger partial charge on any atom is -0.354 e. The summed E-state index contributed by atoms with van der Waals surface area (Å²) in [5.74, 6) is 1.35. The molecule has 3 fully saturated rings. The van der Waals surface area contributed by atoms with Crippen molar-refractivity contribution < 1.29 is 4.79 Å². The van der Waals surface area contributed by atoms with Crippen LogP contribution in [-0.4, -0.2) is 34.9 Å². The number of amides is 1. The number of hydrogen-bond acceptors (Lipinski definition) is 4. The van der Waals surface area contributed by atoms with E-state index in [1.165, 1.54) is 0 Å². The summed E-state index contributed by atoms with van der Waals surface area (Å²) < 4.78 is 0. The van der Waals surface area contributed by atoms with Crippen molar-refractivity contribution in [3.63, 3.8) is 0 Å². The second-order valence-electron chi connectivity index (χ2n) is 9.43. The van der Waals surface area contributed by atoms with Crippen molar-refractivity contribution in [2.75, 3.05) is 13.1 Å². The Morgan fingerprint density at radius 3 is 2.59 bits per heavy atom. The Balaban J connectivity index is 1.37. The van der Waals surface area contributed by atoms with E-state index < -0.39 is 5.54 Å². The van der Waals surface area contributed by atoms with Crippen molar-refractivity contribution in [1.29, 1.82) is 0 Å². The summed E-state index contributed by atoms with van der Waals surface area (Å²) >= 11 is 6.26. The molecule has 172 valence electrons. The molecule has 1 amide bonds. The number of pyridine rings is 1. The number of aromatic nitrogens is 1. The van der Waals surface area contributed by atoms with E-state index in [1.54, 1.807) is 6.20 Å². The highest BCUT2D eigenvalue weighted by atomic mass is 35.5. The molecule has 3 aliphatic rings. The van der Waals surface area contributed by atoms with Gasteiger partial charge in [-0.15, -0.1) is 0 Å². The lowest BCUT2D eigenvalue weighted by Gasteiger charge is -2.28. The fourth-order valence-corrected chi connectivity index (χ4v) is 5.19. The molecule has 3 aromatic rings. The molecule has 1 aromatic heterocycles. The Morgan fingerprint density at radius 2 is 1.88 bits per heavy atom. The first-order valence-electron chi connectivity index (χ1n) is 11.9. The van der Waals surface area contributed by atoms with Crippen molar-refractivity contribution >= 4 is 17.5 Å². The number of halogens is 1. The van der Waals surface area contributed by atoms with Crippen molar-refractivity contribution in [2.45, 2.75) is 30.8 Å². The lowest BCUT2D eigenvalue weighted by molar-refractivity contribution is -0.132. The summed E-state index contributed by atoms with van der Waals surface area (Å²) in [5.41, 5.74) is 3.54. The summed E-state index contributed by atoms with van der Waals surface area (Å²) in [6.45, 7) is 1.58. The van der Waals surface area contributed by atoms with Gasteiger partial charge in [0.2, 0.25) is 0 Å². The number of hydrogen-bond donors (Lipinski definition) is 2. The molecule has 1 aliphatic carbocycles. The third-order valence-corrected chi connectivity index (χ3v) is 7.24. The summed E-state index contributed by atoms with van der Waals surface area (Å²) in [4.78, 5) is 20.4. The topological polar surface area (TPSA) is 67.2 Å². The fraction of sp³-hybridized carbons (Fsp3) is 0.286. The minimum absolute atomic E-state index is 0.147. The molecular formula is C28H27ClN4O. The van der Waals surface area contributed by atoms with Gasteiger partial charge in [0.05, 0.1) is 0 Å². The average molecular weight is 471 g/mol. The summed E-state index contributed by atoms with van der Waals surface area (Å²) in [7, 11) is 0. The van der Waals surface area contributed by atoms with Crippen molar-refractivity contribution in [3.05, 3.63) is 101 Å². The standard InChI is InChI=1S/C28H27ClN4O/c29-24-8-2-6-21(15-24)20-5-1-7-23(14-20)28(22-9-10-22)27(34)33(26(32-28)16-25-18-31-25)13-11-19-4-3-12-30-17-19/h1-8,12,14-17,22,25,31-32H,9-11,13,18H2/b26-16-. The molecule has 2 N–H and O–H groups in total. The monoisotopic (exact) mass is 470 g/mol. The summed E-state index contributed by atoms with van der Waals surface area (Å²) in [6.07, 6.45) is 8.69. The fourth-order valence-electron chi connectivity index (χ4n) is 5.00. The van der Waals surface area contributed by atoms with E-state index in [4.69, 9.17) is 11.6 Å². The highest BCUT2D eigenvalue weighted by Crippen LogP contribution is 2.51. The maximum absolute atomic E-state index is 14.2. The minimum atomic E-state index is -0.732. The van der Waals surface area contributed by atoms with E-state index >= 15 is 0 Å². The van der Waals surface area contributed by atoms with E-state index in [1.807, 2.05) is 35.4 Å². The van der Waals surface area contributed by atoms with Crippen LogP contribution in [0.3, 0.4) is 0 Å². The second kappa shape index (κ2) is 8.57. The highest BCUT2D eigenvalue weighted by molar-refractivity contribution is 6.30. The van der Waals surface area contributed by atoms with Crippen LogP contribution in [0.15, 0.2) is 85.0 Å². The highest BCUT2D eigenvalue weighted by Gasteiger charge is 2.58. The van der Waals surface area contributed by atoms with Crippen LogP contribution in [0.4, 0.5) is 0 Å². The SMILES string of the molecule is O=C1N(CCc2cccnc2)/C(=C\C2CN2)NC1(c1cccc(-c2cccc(Cl)c2)c1)C1CC1. The Kier molecular flexibility index (Phi) is 5.39. The van der Waals surface area contributed by atoms with E-state index in [2.05, 4.69) is 58.1 Å². The maximum atomic E-state index is 14.2. The molecule has 0 bridgehead atoms. The number of carbonyl (C=O) groups is 1. The Morgan fingerprint density at radius 1 is 1.09 bits per heavy atom. The normalized spacial score (nSPS) is 25.0. The van der Waals surface area contributed by atoms with Gasteiger partial charge in [0.15, 0.2) is 0 Å². The van der Waals surface area contributed by atoms with Crippen LogP contribution in [0.5, 0.6) is 0 Å². The zero-order valence-electron chi connectivity index (χ0n) is 18.9. The summed E-state index contributed by atoms with van der Waals surface area (Å²) in [6, 6.07) is 20.6. The average Bonchev–Trinajstić information content (AvgIpc) is 3.79. The molecule has 2 saturated heterocycles. The van der Waals surface area contributed by atoms with Gasteiger partial charge in [-0.3, -0.25) is 14.7 Å². The Labute approximate surface area is 204 Å². The number of rotatable bonds is 7. The first-order chi connectivity index (χ1) is 16.6. The van der Waals surface area contributed by atoms with Crippen LogP contribution < -0.4 is 10.6 Å². The number of nitrogens with one attached hydrogen (secondary N) is 2. The molecule has 0 spiro atoms. The van der Waals surface area contributed by atoms with Crippen LogP contribution in [0.25, 0.3) is 11.1 Å². The van der Waals surface area contributed by atoms with Gasteiger partial charge in [-0.05, 0) is 77.8 Å². The van der Waals surface area contributed by atoms with E-state index in [9.17, 15) is 4.79 Å². The number of benzene rings is 2. The first kappa shape index (κ1) is 21.4. The predicted molar refractivity (Wildman–Crippen MR) is 134 cm³/mol. The van der Waals surface area contributed by atoms with Gasteiger partial charge in [-0.25, -0.2) is 0 Å². The van der Waals surface area contributed by atoms with E-state index in [0.717, 1.165) is 53.9 Å². The molecule has 0 radical (unpaired) electrons. The van der Waals surface area contributed by atoms with Gasteiger partial charge in [0, 0.05) is 36.5 Å². The Bertz CT molecular complexity index is 1250. The van der Waals surface area contributed by atoms with E-state index in [-0.39, 0.29) is 11.8 Å². The zero-order valence-corrected chi connectivity index (χ0v) is 19.6. The lowest BCUT2D eigenvalue weighted by Crippen LogP contribution is -2.46. The molecule has 1 saturated carbocycles. The molecule has 6 heteroatoms. The summed E-state index contributed by atoms with van der Waals surface area (Å²) in [5, 5.41) is 7.78. The zero-order chi connectivity index (χ0) is 23.1. The van der Waals surface area contributed by atoms with Crippen LogP contribution in [0.2, 0.25) is 5.02 Å². The van der Waals surface area contributed by atoms with Crippen LogP contribution in [0, 0.1) is 5.92 Å². The molecule has 2 atom stereocenters. The molecule has 3 heterocycles. The number of nitrogens with zero attached hydrogens (tertiary/aromatic N) is 2.